The number of nitrogens with zero attached hydrogens (tertiary/aromatic N) is 6. The summed E-state index contributed by atoms with van der Waals surface area (Å²) < 4.78 is 1.50. The van der Waals surface area contributed by atoms with E-state index in [1.807, 2.05) is 18.2 Å². The summed E-state index contributed by atoms with van der Waals surface area (Å²) in [5.41, 5.74) is 0.693. The number of fused-ring (bicyclic) bond motifs is 3. The van der Waals surface area contributed by atoms with Crippen molar-refractivity contribution in [2.45, 2.75) is 38.6 Å². The topological polar surface area (TPSA) is 71.2 Å². The van der Waals surface area contributed by atoms with Crippen LogP contribution in [0.4, 0.5) is 5.82 Å². The van der Waals surface area contributed by atoms with E-state index < -0.39 is 0 Å². The Balaban J connectivity index is 1.46. The summed E-state index contributed by atoms with van der Waals surface area (Å²) >= 11 is 0. The van der Waals surface area contributed by atoms with E-state index in [-0.39, 0.29) is 0 Å². The molecule has 0 unspecified atom stereocenters. The van der Waals surface area contributed by atoms with Gasteiger partial charge in [0.25, 0.3) is 0 Å². The van der Waals surface area contributed by atoms with E-state index in [1.165, 1.54) is 30.4 Å². The Kier molecular flexibility index (Phi) is 4.25. The van der Waals surface area contributed by atoms with Crippen LogP contribution in [0.25, 0.3) is 16.4 Å². The highest BCUT2D eigenvalue weighted by atomic mass is 15.6. The number of nitrogens with one attached hydrogen (secondary N) is 1. The molecule has 1 N–H and O–H groups in total. The zero-order valence-electron chi connectivity index (χ0n) is 14.0. The highest BCUT2D eigenvalue weighted by Crippen LogP contribution is 2.23. The van der Waals surface area contributed by atoms with E-state index in [0.717, 1.165) is 42.1 Å². The Morgan fingerprint density at radius 2 is 2.08 bits per heavy atom. The Hall–Kier alpha value is -2.28. The molecule has 3 heterocycles. The lowest BCUT2D eigenvalue weighted by Crippen LogP contribution is -2.38. The number of aromatic nitrogens is 5. The van der Waals surface area contributed by atoms with Crippen molar-refractivity contribution in [2.75, 3.05) is 25.0 Å². The number of likely N-dealkylation sites (tertiary alicyclic amines) is 1. The van der Waals surface area contributed by atoms with E-state index in [4.69, 9.17) is 0 Å². The van der Waals surface area contributed by atoms with Crippen LogP contribution in [0.15, 0.2) is 24.3 Å². The van der Waals surface area contributed by atoms with Crippen molar-refractivity contribution in [3.8, 4) is 0 Å². The van der Waals surface area contributed by atoms with Gasteiger partial charge in [-0.1, -0.05) is 30.7 Å². The van der Waals surface area contributed by atoms with Crippen molar-refractivity contribution in [2.24, 2.45) is 0 Å². The van der Waals surface area contributed by atoms with Crippen molar-refractivity contribution in [3.63, 3.8) is 0 Å². The fourth-order valence-corrected chi connectivity index (χ4v) is 3.55. The molecule has 24 heavy (non-hydrogen) atoms. The Morgan fingerprint density at radius 3 is 2.96 bits per heavy atom. The van der Waals surface area contributed by atoms with Crippen LogP contribution in [0.1, 0.15) is 32.6 Å². The van der Waals surface area contributed by atoms with Gasteiger partial charge in [0.15, 0.2) is 5.82 Å². The molecule has 1 aliphatic rings. The monoisotopic (exact) mass is 325 g/mol. The van der Waals surface area contributed by atoms with Crippen molar-refractivity contribution >= 4 is 22.2 Å². The molecule has 0 saturated carbocycles. The number of anilines is 1. The minimum absolute atomic E-state index is 0.693. The van der Waals surface area contributed by atoms with E-state index >= 15 is 0 Å². The second-order valence-electron chi connectivity index (χ2n) is 6.55. The third-order valence-corrected chi connectivity index (χ3v) is 4.93. The first kappa shape index (κ1) is 15.3. The number of benzene rings is 1. The molecule has 0 aliphatic carbocycles. The highest BCUT2D eigenvalue weighted by Gasteiger charge is 2.17. The maximum atomic E-state index is 4.52. The summed E-state index contributed by atoms with van der Waals surface area (Å²) in [6.45, 7) is 5.61. The fourth-order valence-electron chi connectivity index (χ4n) is 3.55. The van der Waals surface area contributed by atoms with Gasteiger partial charge in [-0.25, -0.2) is 0 Å². The molecule has 1 aliphatic heterocycles. The molecule has 3 aromatic rings. The second-order valence-corrected chi connectivity index (χ2v) is 6.55. The predicted molar refractivity (Wildman–Crippen MR) is 94.1 cm³/mol. The quantitative estimate of drug-likeness (QED) is 0.726. The molecule has 7 heteroatoms. The van der Waals surface area contributed by atoms with E-state index in [1.54, 1.807) is 0 Å². The molecule has 1 fully saturated rings. The summed E-state index contributed by atoms with van der Waals surface area (Å²) in [6.07, 6.45) is 5.14. The Morgan fingerprint density at radius 1 is 1.21 bits per heavy atom. The first-order valence-electron chi connectivity index (χ1n) is 8.78. The van der Waals surface area contributed by atoms with Gasteiger partial charge in [0.05, 0.1) is 0 Å². The SMILES string of the molecule is C[C@@H]1CCCCN1CCCNc1nn2nnnc2c2ccccc12. The molecule has 7 nitrogen and oxygen atoms in total. The number of hydrogen-bond acceptors (Lipinski definition) is 6. The molecular formula is C17H23N7. The standard InChI is InChI=1S/C17H23N7/c1-13-7-4-5-11-23(13)12-6-10-18-16-14-8-2-3-9-15(14)17-19-21-22-24(17)20-16/h2-3,8-9,13H,4-7,10-12H2,1H3,(H,18,20)/t13-/m1/s1. The zero-order valence-corrected chi connectivity index (χ0v) is 14.0. The van der Waals surface area contributed by atoms with Crippen LogP contribution in [0, 0.1) is 0 Å². The number of piperidine rings is 1. The summed E-state index contributed by atoms with van der Waals surface area (Å²) in [5.74, 6) is 0.845. The third kappa shape index (κ3) is 2.91. The van der Waals surface area contributed by atoms with Gasteiger partial charge in [0.2, 0.25) is 5.65 Å². The maximum absolute atomic E-state index is 4.52. The summed E-state index contributed by atoms with van der Waals surface area (Å²) in [6, 6.07) is 8.83. The maximum Gasteiger partial charge on any atom is 0.207 e. The molecule has 1 atom stereocenters. The number of rotatable bonds is 5. The highest BCUT2D eigenvalue weighted by molar-refractivity contribution is 5.99. The Bertz CT molecular complexity index is 828. The van der Waals surface area contributed by atoms with Gasteiger partial charge in [0, 0.05) is 29.9 Å². The lowest BCUT2D eigenvalue weighted by Gasteiger charge is -2.33. The first-order valence-corrected chi connectivity index (χ1v) is 8.78. The van der Waals surface area contributed by atoms with Gasteiger partial charge >= 0.3 is 0 Å². The molecule has 1 saturated heterocycles. The average molecular weight is 325 g/mol. The van der Waals surface area contributed by atoms with Crippen molar-refractivity contribution in [3.05, 3.63) is 24.3 Å². The lowest BCUT2D eigenvalue weighted by atomic mass is 10.0. The average Bonchev–Trinajstić information content (AvgIpc) is 3.09. The molecule has 4 rings (SSSR count). The van der Waals surface area contributed by atoms with Gasteiger partial charge in [-0.15, -0.1) is 14.8 Å². The van der Waals surface area contributed by atoms with E-state index in [9.17, 15) is 0 Å². The number of hydrogen-bond donors (Lipinski definition) is 1. The molecule has 0 spiro atoms. The van der Waals surface area contributed by atoms with Crippen LogP contribution < -0.4 is 5.32 Å². The van der Waals surface area contributed by atoms with Crippen LogP contribution in [-0.4, -0.2) is 55.8 Å². The second kappa shape index (κ2) is 6.68. The van der Waals surface area contributed by atoms with Gasteiger partial charge in [0.1, 0.15) is 0 Å². The van der Waals surface area contributed by atoms with E-state index in [0.29, 0.717) is 5.65 Å². The lowest BCUT2D eigenvalue weighted by molar-refractivity contribution is 0.160. The van der Waals surface area contributed by atoms with Crippen molar-refractivity contribution in [1.29, 1.82) is 0 Å². The van der Waals surface area contributed by atoms with Crippen LogP contribution >= 0.6 is 0 Å². The number of tetrazole rings is 1. The molecule has 1 aromatic carbocycles. The van der Waals surface area contributed by atoms with E-state index in [2.05, 4.69) is 43.8 Å². The largest absolute Gasteiger partial charge is 0.368 e. The normalized spacial score (nSPS) is 19.1. The summed E-state index contributed by atoms with van der Waals surface area (Å²) in [4.78, 5) is 2.60. The van der Waals surface area contributed by atoms with Crippen LogP contribution in [0.2, 0.25) is 0 Å². The molecule has 126 valence electrons. The minimum Gasteiger partial charge on any atom is -0.368 e. The van der Waals surface area contributed by atoms with Crippen LogP contribution in [0.3, 0.4) is 0 Å². The van der Waals surface area contributed by atoms with Gasteiger partial charge in [-0.05, 0) is 43.2 Å². The first-order chi connectivity index (χ1) is 11.8. The molecule has 0 amide bonds. The molecule has 2 aromatic heterocycles. The predicted octanol–water partition coefficient (Wildman–Crippen LogP) is 2.35. The Labute approximate surface area is 141 Å². The van der Waals surface area contributed by atoms with Gasteiger partial charge in [-0.3, -0.25) is 0 Å². The third-order valence-electron chi connectivity index (χ3n) is 4.93. The molecule has 0 radical (unpaired) electrons. The molecular weight excluding hydrogens is 302 g/mol. The smallest absolute Gasteiger partial charge is 0.207 e. The molecule has 0 bridgehead atoms. The van der Waals surface area contributed by atoms with Crippen LogP contribution in [-0.2, 0) is 0 Å². The van der Waals surface area contributed by atoms with Gasteiger partial charge < -0.3 is 10.2 Å². The minimum atomic E-state index is 0.693. The van der Waals surface area contributed by atoms with Crippen molar-refractivity contribution < 1.29 is 0 Å². The summed E-state index contributed by atoms with van der Waals surface area (Å²) in [5, 5.41) is 21.8. The van der Waals surface area contributed by atoms with Crippen LogP contribution in [0.5, 0.6) is 0 Å². The van der Waals surface area contributed by atoms with Gasteiger partial charge in [-0.2, -0.15) is 0 Å². The fraction of sp³-hybridized carbons (Fsp3) is 0.529. The zero-order chi connectivity index (χ0) is 16.4. The summed E-state index contributed by atoms with van der Waals surface area (Å²) in [7, 11) is 0. The van der Waals surface area contributed by atoms with Crippen molar-refractivity contribution in [1.82, 2.24) is 30.2 Å².